The number of unbranched alkanes of at least 4 members (excludes halogenated alkanes) is 11. The number of nitrogens with one attached hydrogen (secondary N) is 1. The predicted octanol–water partition coefficient (Wildman–Crippen LogP) is 5.21. The molecule has 0 atom stereocenters. The Morgan fingerprint density at radius 1 is 0.850 bits per heavy atom. The van der Waals surface area contributed by atoms with E-state index in [9.17, 15) is 4.79 Å². The molecule has 0 aliphatic heterocycles. The van der Waals surface area contributed by atoms with Gasteiger partial charge in [0.05, 0.1) is 5.69 Å². The predicted molar refractivity (Wildman–Crippen MR) is 84.1 cm³/mol. The number of hydrogen-bond acceptors (Lipinski definition) is 2. The van der Waals surface area contributed by atoms with Crippen molar-refractivity contribution in [1.82, 2.24) is 4.98 Å². The van der Waals surface area contributed by atoms with Gasteiger partial charge in [0.15, 0.2) is 0 Å². The molecule has 1 N–H and O–H groups in total. The minimum absolute atomic E-state index is 0.334. The minimum atomic E-state index is -0.334. The van der Waals surface area contributed by atoms with E-state index in [2.05, 4.69) is 11.9 Å². The lowest BCUT2D eigenvalue weighted by molar-refractivity contribution is 0.514. The molecular formula is C17H31NO2. The Morgan fingerprint density at radius 2 is 1.35 bits per heavy atom. The first-order valence-electron chi connectivity index (χ1n) is 8.49. The molecule has 1 aromatic rings. The Balaban J connectivity index is 1.77. The van der Waals surface area contributed by atoms with Gasteiger partial charge < -0.3 is 4.42 Å². The quantitative estimate of drug-likeness (QED) is 0.504. The van der Waals surface area contributed by atoms with Gasteiger partial charge in [-0.1, -0.05) is 77.6 Å². The third-order valence-electron chi connectivity index (χ3n) is 3.87. The van der Waals surface area contributed by atoms with Crippen molar-refractivity contribution in [3.63, 3.8) is 0 Å². The van der Waals surface area contributed by atoms with E-state index in [-0.39, 0.29) is 5.76 Å². The fourth-order valence-electron chi connectivity index (χ4n) is 2.59. The molecule has 0 spiro atoms. The van der Waals surface area contributed by atoms with E-state index in [1.807, 2.05) is 0 Å². The zero-order valence-corrected chi connectivity index (χ0v) is 13.1. The molecule has 1 aromatic heterocycles. The van der Waals surface area contributed by atoms with Gasteiger partial charge in [-0.05, 0) is 12.8 Å². The van der Waals surface area contributed by atoms with Crippen molar-refractivity contribution in [2.24, 2.45) is 0 Å². The number of aromatic amines is 1. The average Bonchev–Trinajstić information content (AvgIpc) is 2.86. The molecule has 0 bridgehead atoms. The van der Waals surface area contributed by atoms with Crippen molar-refractivity contribution < 1.29 is 4.42 Å². The van der Waals surface area contributed by atoms with Crippen LogP contribution < -0.4 is 5.76 Å². The van der Waals surface area contributed by atoms with Crippen LogP contribution in [0.4, 0.5) is 0 Å². The van der Waals surface area contributed by atoms with Crippen molar-refractivity contribution in [1.29, 1.82) is 0 Å². The van der Waals surface area contributed by atoms with Gasteiger partial charge in [0.1, 0.15) is 6.26 Å². The zero-order valence-electron chi connectivity index (χ0n) is 13.1. The minimum Gasteiger partial charge on any atom is -0.416 e. The molecule has 0 unspecified atom stereocenters. The fourth-order valence-corrected chi connectivity index (χ4v) is 2.59. The van der Waals surface area contributed by atoms with Crippen LogP contribution in [0, 0.1) is 0 Å². The van der Waals surface area contributed by atoms with Crippen molar-refractivity contribution in [3.05, 3.63) is 22.5 Å². The average molecular weight is 281 g/mol. The van der Waals surface area contributed by atoms with Crippen LogP contribution in [-0.2, 0) is 6.42 Å². The van der Waals surface area contributed by atoms with E-state index in [4.69, 9.17) is 4.42 Å². The second-order valence-electron chi connectivity index (χ2n) is 5.81. The summed E-state index contributed by atoms with van der Waals surface area (Å²) in [5.74, 6) is -0.334. The third kappa shape index (κ3) is 9.00. The fraction of sp³-hybridized carbons (Fsp3) is 0.824. The summed E-state index contributed by atoms with van der Waals surface area (Å²) >= 11 is 0. The number of hydrogen-bond donors (Lipinski definition) is 1. The summed E-state index contributed by atoms with van der Waals surface area (Å²) in [4.78, 5) is 13.5. The molecule has 0 aliphatic carbocycles. The van der Waals surface area contributed by atoms with Crippen LogP contribution in [0.25, 0.3) is 0 Å². The highest BCUT2D eigenvalue weighted by Crippen LogP contribution is 2.12. The van der Waals surface area contributed by atoms with Gasteiger partial charge in [-0.3, -0.25) is 4.98 Å². The highest BCUT2D eigenvalue weighted by atomic mass is 16.4. The summed E-state index contributed by atoms with van der Waals surface area (Å²) in [5.41, 5.74) is 0.932. The lowest BCUT2D eigenvalue weighted by Gasteiger charge is -2.02. The molecule has 0 aromatic carbocycles. The lowest BCUT2D eigenvalue weighted by Crippen LogP contribution is -1.97. The first kappa shape index (κ1) is 17.1. The van der Waals surface area contributed by atoms with Gasteiger partial charge in [0.2, 0.25) is 0 Å². The van der Waals surface area contributed by atoms with Gasteiger partial charge in [-0.25, -0.2) is 4.79 Å². The molecule has 0 aliphatic rings. The summed E-state index contributed by atoms with van der Waals surface area (Å²) in [6, 6.07) is 0. The Hall–Kier alpha value is -0.990. The highest BCUT2D eigenvalue weighted by molar-refractivity contribution is 4.90. The Bertz CT molecular complexity index is 367. The van der Waals surface area contributed by atoms with E-state index in [0.29, 0.717) is 0 Å². The molecule has 1 heterocycles. The van der Waals surface area contributed by atoms with Gasteiger partial charge >= 0.3 is 5.76 Å². The third-order valence-corrected chi connectivity index (χ3v) is 3.87. The molecule has 0 amide bonds. The van der Waals surface area contributed by atoms with E-state index in [1.54, 1.807) is 6.26 Å². The molecule has 20 heavy (non-hydrogen) atoms. The summed E-state index contributed by atoms with van der Waals surface area (Å²) in [6.07, 6.45) is 18.8. The number of oxazole rings is 1. The second kappa shape index (κ2) is 11.8. The number of aromatic nitrogens is 1. The molecule has 1 rings (SSSR count). The van der Waals surface area contributed by atoms with Crippen LogP contribution in [0.1, 0.15) is 89.7 Å². The number of H-pyrrole nitrogens is 1. The standard InChI is InChI=1S/C17H31NO2/c1-2-3-4-5-6-7-8-9-10-11-12-13-14-16-15-20-17(19)18-16/h15H,2-14H2,1H3,(H,18,19). The lowest BCUT2D eigenvalue weighted by atomic mass is 10.0. The van der Waals surface area contributed by atoms with Crippen LogP contribution in [0.15, 0.2) is 15.5 Å². The van der Waals surface area contributed by atoms with E-state index in [0.717, 1.165) is 18.5 Å². The molecule has 3 nitrogen and oxygen atoms in total. The Morgan fingerprint density at radius 3 is 1.80 bits per heavy atom. The van der Waals surface area contributed by atoms with E-state index in [1.165, 1.54) is 70.6 Å². The topological polar surface area (TPSA) is 46.0 Å². The van der Waals surface area contributed by atoms with Crippen LogP contribution in [0.3, 0.4) is 0 Å². The van der Waals surface area contributed by atoms with Crippen LogP contribution >= 0.6 is 0 Å². The van der Waals surface area contributed by atoms with E-state index < -0.39 is 0 Å². The molecule has 0 saturated carbocycles. The molecule has 0 radical (unpaired) electrons. The molecule has 0 fully saturated rings. The Kier molecular flexibility index (Phi) is 10.1. The highest BCUT2D eigenvalue weighted by Gasteiger charge is 1.98. The summed E-state index contributed by atoms with van der Waals surface area (Å²) in [5, 5.41) is 0. The molecule has 116 valence electrons. The van der Waals surface area contributed by atoms with Gasteiger partial charge in [0.25, 0.3) is 0 Å². The maximum atomic E-state index is 10.8. The van der Waals surface area contributed by atoms with Gasteiger partial charge in [0, 0.05) is 0 Å². The first-order chi connectivity index (χ1) is 9.83. The maximum absolute atomic E-state index is 10.8. The normalized spacial score (nSPS) is 11.1. The van der Waals surface area contributed by atoms with Crippen molar-refractivity contribution in [2.75, 3.05) is 0 Å². The SMILES string of the molecule is CCCCCCCCCCCCCCc1coc(=O)[nH]1. The van der Waals surface area contributed by atoms with Crippen molar-refractivity contribution in [2.45, 2.75) is 90.4 Å². The van der Waals surface area contributed by atoms with Crippen LogP contribution in [0.5, 0.6) is 0 Å². The van der Waals surface area contributed by atoms with Crippen LogP contribution in [-0.4, -0.2) is 4.98 Å². The monoisotopic (exact) mass is 281 g/mol. The van der Waals surface area contributed by atoms with Crippen LogP contribution in [0.2, 0.25) is 0 Å². The van der Waals surface area contributed by atoms with Gasteiger partial charge in [-0.2, -0.15) is 0 Å². The molecule has 0 saturated heterocycles. The largest absolute Gasteiger partial charge is 0.416 e. The summed E-state index contributed by atoms with van der Waals surface area (Å²) in [7, 11) is 0. The Labute approximate surface area is 123 Å². The van der Waals surface area contributed by atoms with Crippen molar-refractivity contribution >= 4 is 0 Å². The van der Waals surface area contributed by atoms with Gasteiger partial charge in [-0.15, -0.1) is 0 Å². The summed E-state index contributed by atoms with van der Waals surface area (Å²) < 4.78 is 4.71. The maximum Gasteiger partial charge on any atom is 0.416 e. The second-order valence-corrected chi connectivity index (χ2v) is 5.81. The smallest absolute Gasteiger partial charge is 0.416 e. The first-order valence-corrected chi connectivity index (χ1v) is 8.49. The molecular weight excluding hydrogens is 250 g/mol. The van der Waals surface area contributed by atoms with E-state index >= 15 is 0 Å². The molecule has 3 heteroatoms. The zero-order chi connectivity index (χ0) is 14.5. The summed E-state index contributed by atoms with van der Waals surface area (Å²) in [6.45, 7) is 2.27. The van der Waals surface area contributed by atoms with Crippen molar-refractivity contribution in [3.8, 4) is 0 Å². The number of rotatable bonds is 13. The number of aryl methyl sites for hydroxylation is 1.